The highest BCUT2D eigenvalue weighted by atomic mass is 35.5. The molecule has 1 amide bonds. The fourth-order valence-electron chi connectivity index (χ4n) is 1.63. The van der Waals surface area contributed by atoms with E-state index in [2.05, 4.69) is 5.32 Å². The van der Waals surface area contributed by atoms with Gasteiger partial charge in [0.05, 0.1) is 28.4 Å². The molecule has 0 radical (unpaired) electrons. The van der Waals surface area contributed by atoms with Gasteiger partial charge in [0.15, 0.2) is 0 Å². The SMILES string of the molecule is COc1ccc(Cl)c(NC(=O)c2cc(N)ccc2Cl)c1. The van der Waals surface area contributed by atoms with Crippen molar-refractivity contribution in [2.75, 3.05) is 18.2 Å². The van der Waals surface area contributed by atoms with E-state index in [9.17, 15) is 4.79 Å². The second-order valence-corrected chi connectivity index (χ2v) is 4.85. The van der Waals surface area contributed by atoms with Crippen LogP contribution in [0.1, 0.15) is 10.4 Å². The Kier molecular flexibility index (Phi) is 4.37. The Morgan fingerprint density at radius 1 is 1.15 bits per heavy atom. The number of methoxy groups -OCH3 is 1. The number of nitrogens with one attached hydrogen (secondary N) is 1. The van der Waals surface area contributed by atoms with Gasteiger partial charge in [-0.1, -0.05) is 23.2 Å². The van der Waals surface area contributed by atoms with E-state index in [0.717, 1.165) is 0 Å². The minimum Gasteiger partial charge on any atom is -0.497 e. The lowest BCUT2D eigenvalue weighted by atomic mass is 10.2. The zero-order valence-corrected chi connectivity index (χ0v) is 12.1. The van der Waals surface area contributed by atoms with Gasteiger partial charge in [-0.15, -0.1) is 0 Å². The number of carbonyl (C=O) groups is 1. The fraction of sp³-hybridized carbons (Fsp3) is 0.0714. The number of benzene rings is 2. The summed E-state index contributed by atoms with van der Waals surface area (Å²) < 4.78 is 5.08. The summed E-state index contributed by atoms with van der Waals surface area (Å²) in [5, 5.41) is 3.40. The second kappa shape index (κ2) is 6.03. The van der Waals surface area contributed by atoms with Crippen molar-refractivity contribution in [1.82, 2.24) is 0 Å². The highest BCUT2D eigenvalue weighted by Gasteiger charge is 2.13. The highest BCUT2D eigenvalue weighted by Crippen LogP contribution is 2.28. The van der Waals surface area contributed by atoms with Gasteiger partial charge < -0.3 is 15.8 Å². The number of hydrogen-bond donors (Lipinski definition) is 2. The number of nitrogen functional groups attached to an aromatic ring is 1. The zero-order chi connectivity index (χ0) is 14.7. The molecule has 2 aromatic carbocycles. The van der Waals surface area contributed by atoms with Crippen LogP contribution in [0.4, 0.5) is 11.4 Å². The summed E-state index contributed by atoms with van der Waals surface area (Å²) in [6.07, 6.45) is 0. The average molecular weight is 311 g/mol. The van der Waals surface area contributed by atoms with Gasteiger partial charge in [-0.3, -0.25) is 4.79 Å². The molecule has 0 spiro atoms. The minimum atomic E-state index is -0.391. The van der Waals surface area contributed by atoms with E-state index >= 15 is 0 Å². The summed E-state index contributed by atoms with van der Waals surface area (Å²) in [5.74, 6) is 0.195. The van der Waals surface area contributed by atoms with Gasteiger partial charge in [-0.25, -0.2) is 0 Å². The maximum absolute atomic E-state index is 12.2. The predicted molar refractivity (Wildman–Crippen MR) is 81.8 cm³/mol. The first-order valence-corrected chi connectivity index (χ1v) is 6.47. The molecular weight excluding hydrogens is 299 g/mol. The molecule has 0 atom stereocenters. The van der Waals surface area contributed by atoms with E-state index in [0.29, 0.717) is 27.2 Å². The molecule has 2 aromatic rings. The molecule has 0 bridgehead atoms. The lowest BCUT2D eigenvalue weighted by Crippen LogP contribution is -2.13. The standard InChI is InChI=1S/C14H12Cl2N2O2/c1-20-9-3-5-12(16)13(7-9)18-14(19)10-6-8(17)2-4-11(10)15/h2-7H,17H2,1H3,(H,18,19). The van der Waals surface area contributed by atoms with Crippen molar-refractivity contribution in [2.24, 2.45) is 0 Å². The molecule has 0 saturated heterocycles. The molecule has 0 aromatic heterocycles. The molecule has 0 fully saturated rings. The normalized spacial score (nSPS) is 10.2. The van der Waals surface area contributed by atoms with Gasteiger partial charge in [0, 0.05) is 11.8 Å². The van der Waals surface area contributed by atoms with E-state index in [1.54, 1.807) is 30.3 Å². The van der Waals surface area contributed by atoms with Gasteiger partial charge in [0.1, 0.15) is 5.75 Å². The van der Waals surface area contributed by atoms with Gasteiger partial charge in [-0.05, 0) is 30.3 Å². The average Bonchev–Trinajstić information content (AvgIpc) is 2.43. The van der Waals surface area contributed by atoms with E-state index < -0.39 is 5.91 Å². The van der Waals surface area contributed by atoms with Crippen molar-refractivity contribution < 1.29 is 9.53 Å². The van der Waals surface area contributed by atoms with Gasteiger partial charge in [-0.2, -0.15) is 0 Å². The molecule has 3 N–H and O–H groups in total. The van der Waals surface area contributed by atoms with Crippen LogP contribution in [0.2, 0.25) is 10.0 Å². The number of amides is 1. The molecular formula is C14H12Cl2N2O2. The van der Waals surface area contributed by atoms with E-state index in [4.69, 9.17) is 33.7 Å². The summed E-state index contributed by atoms with van der Waals surface area (Å²) in [6.45, 7) is 0. The number of carbonyl (C=O) groups excluding carboxylic acids is 1. The van der Waals surface area contributed by atoms with Crippen LogP contribution in [-0.4, -0.2) is 13.0 Å². The van der Waals surface area contributed by atoms with Crippen LogP contribution in [-0.2, 0) is 0 Å². The molecule has 6 heteroatoms. The van der Waals surface area contributed by atoms with Crippen molar-refractivity contribution in [3.63, 3.8) is 0 Å². The van der Waals surface area contributed by atoms with E-state index in [1.165, 1.54) is 13.2 Å². The quantitative estimate of drug-likeness (QED) is 0.847. The summed E-state index contributed by atoms with van der Waals surface area (Å²) in [4.78, 5) is 12.2. The third-order valence-corrected chi connectivity index (χ3v) is 3.32. The molecule has 20 heavy (non-hydrogen) atoms. The summed E-state index contributed by atoms with van der Waals surface area (Å²) in [5.41, 5.74) is 6.83. The molecule has 104 valence electrons. The van der Waals surface area contributed by atoms with Gasteiger partial charge >= 0.3 is 0 Å². The number of hydrogen-bond acceptors (Lipinski definition) is 3. The predicted octanol–water partition coefficient (Wildman–Crippen LogP) is 3.84. The van der Waals surface area contributed by atoms with Gasteiger partial charge in [0.2, 0.25) is 0 Å². The van der Waals surface area contributed by atoms with Crippen LogP contribution < -0.4 is 15.8 Å². The zero-order valence-electron chi connectivity index (χ0n) is 10.6. The van der Waals surface area contributed by atoms with Crippen LogP contribution in [0.15, 0.2) is 36.4 Å². The van der Waals surface area contributed by atoms with E-state index in [1.807, 2.05) is 0 Å². The monoisotopic (exact) mass is 310 g/mol. The molecule has 0 aliphatic carbocycles. The van der Waals surface area contributed by atoms with Crippen molar-refractivity contribution in [3.8, 4) is 5.75 Å². The Balaban J connectivity index is 2.30. The smallest absolute Gasteiger partial charge is 0.257 e. The Bertz CT molecular complexity index is 660. The second-order valence-electron chi connectivity index (χ2n) is 4.04. The largest absolute Gasteiger partial charge is 0.497 e. The van der Waals surface area contributed by atoms with Crippen molar-refractivity contribution in [3.05, 3.63) is 52.0 Å². The van der Waals surface area contributed by atoms with Crippen LogP contribution in [0.25, 0.3) is 0 Å². The van der Waals surface area contributed by atoms with Crippen molar-refractivity contribution in [2.45, 2.75) is 0 Å². The number of rotatable bonds is 3. The molecule has 4 nitrogen and oxygen atoms in total. The van der Waals surface area contributed by atoms with E-state index in [-0.39, 0.29) is 5.56 Å². The lowest BCUT2D eigenvalue weighted by Gasteiger charge is -2.10. The summed E-state index contributed by atoms with van der Waals surface area (Å²) in [6, 6.07) is 9.66. The van der Waals surface area contributed by atoms with Crippen LogP contribution in [0, 0.1) is 0 Å². The third-order valence-electron chi connectivity index (χ3n) is 2.66. The van der Waals surface area contributed by atoms with Crippen LogP contribution in [0.3, 0.4) is 0 Å². The van der Waals surface area contributed by atoms with Crippen molar-refractivity contribution >= 4 is 40.5 Å². The summed E-state index contributed by atoms with van der Waals surface area (Å²) >= 11 is 12.0. The Labute approximate surface area is 126 Å². The molecule has 0 heterocycles. The lowest BCUT2D eigenvalue weighted by molar-refractivity contribution is 0.102. The molecule has 0 aliphatic heterocycles. The molecule has 0 unspecified atom stereocenters. The molecule has 0 saturated carbocycles. The summed E-state index contributed by atoms with van der Waals surface area (Å²) in [7, 11) is 1.53. The maximum Gasteiger partial charge on any atom is 0.257 e. The van der Waals surface area contributed by atoms with Crippen LogP contribution in [0.5, 0.6) is 5.75 Å². The highest BCUT2D eigenvalue weighted by molar-refractivity contribution is 6.36. The minimum absolute atomic E-state index is 0.283. The number of ether oxygens (including phenoxy) is 1. The number of halogens is 2. The number of nitrogens with two attached hydrogens (primary N) is 1. The Morgan fingerprint density at radius 2 is 1.85 bits per heavy atom. The first-order chi connectivity index (χ1) is 9.51. The van der Waals surface area contributed by atoms with Crippen LogP contribution >= 0.6 is 23.2 Å². The molecule has 2 rings (SSSR count). The number of anilines is 2. The fourth-order valence-corrected chi connectivity index (χ4v) is 2.00. The maximum atomic E-state index is 12.2. The molecule has 0 aliphatic rings. The Morgan fingerprint density at radius 3 is 2.55 bits per heavy atom. The first kappa shape index (κ1) is 14.5. The third kappa shape index (κ3) is 3.15. The topological polar surface area (TPSA) is 64.3 Å². The van der Waals surface area contributed by atoms with Crippen molar-refractivity contribution in [1.29, 1.82) is 0 Å². The van der Waals surface area contributed by atoms with Gasteiger partial charge in [0.25, 0.3) is 5.91 Å². The first-order valence-electron chi connectivity index (χ1n) is 5.71. The Hall–Kier alpha value is -1.91.